The van der Waals surface area contributed by atoms with Gasteiger partial charge in [-0.2, -0.15) is 0 Å². The molecule has 0 aliphatic rings. The van der Waals surface area contributed by atoms with E-state index < -0.39 is 0 Å². The van der Waals surface area contributed by atoms with Gasteiger partial charge in [-0.15, -0.1) is 0 Å². The summed E-state index contributed by atoms with van der Waals surface area (Å²) in [7, 11) is 0. The average molecular weight is 157 g/mol. The molecule has 0 aromatic heterocycles. The van der Waals surface area contributed by atoms with Crippen molar-refractivity contribution in [2.24, 2.45) is 17.6 Å². The van der Waals surface area contributed by atoms with Crippen molar-refractivity contribution < 1.29 is 5.11 Å². The zero-order valence-electron chi connectivity index (χ0n) is 7.51. The lowest BCUT2D eigenvalue weighted by Crippen LogP contribution is -2.22. The highest BCUT2D eigenvalue weighted by Gasteiger charge is 2.16. The Hall–Kier alpha value is -0.500. The first-order valence-electron chi connectivity index (χ1n) is 4.21. The van der Waals surface area contributed by atoms with Crippen LogP contribution < -0.4 is 5.73 Å². The van der Waals surface area contributed by atoms with Crippen molar-refractivity contribution in [3.63, 3.8) is 0 Å². The molecule has 0 fully saturated rings. The first-order valence-corrected chi connectivity index (χ1v) is 4.21. The molecule has 0 aliphatic heterocycles. The highest BCUT2D eigenvalue weighted by Crippen LogP contribution is 2.20. The highest BCUT2D eigenvalue weighted by atomic mass is 16.3. The maximum atomic E-state index is 9.10. The molecule has 0 aliphatic carbocycles. The summed E-state index contributed by atoms with van der Waals surface area (Å²) < 4.78 is 0. The molecular weight excluding hydrogens is 138 g/mol. The molecule has 2 nitrogen and oxygen atoms in total. The van der Waals surface area contributed by atoms with Gasteiger partial charge in [0.25, 0.3) is 0 Å². The van der Waals surface area contributed by atoms with Crippen LogP contribution in [0.1, 0.15) is 26.7 Å². The van der Waals surface area contributed by atoms with Crippen molar-refractivity contribution in [2.45, 2.75) is 26.7 Å². The third-order valence-corrected chi connectivity index (χ3v) is 2.19. The number of nitrogens with two attached hydrogens (primary N) is 1. The van der Waals surface area contributed by atoms with E-state index in [1.807, 2.05) is 6.92 Å². The molecule has 0 aromatic rings. The molecule has 0 radical (unpaired) electrons. The van der Waals surface area contributed by atoms with Gasteiger partial charge in [-0.05, 0) is 18.9 Å². The molecule has 0 aromatic carbocycles. The lowest BCUT2D eigenvalue weighted by atomic mass is 9.89. The Morgan fingerprint density at radius 2 is 2.18 bits per heavy atom. The van der Waals surface area contributed by atoms with Crippen molar-refractivity contribution in [1.29, 1.82) is 0 Å². The third kappa shape index (κ3) is 3.42. The number of aliphatic hydroxyl groups excluding tert-OH is 1. The standard InChI is InChI=1S/C9H19NO/c1-4-5-9(6-10)7(2)8(3)11/h7,9,11H,3-6,10H2,1-2H3. The largest absolute Gasteiger partial charge is 0.513 e. The first kappa shape index (κ1) is 10.5. The molecule has 3 N–H and O–H groups in total. The van der Waals surface area contributed by atoms with Crippen LogP contribution in [-0.2, 0) is 0 Å². The van der Waals surface area contributed by atoms with E-state index in [0.717, 1.165) is 12.8 Å². The van der Waals surface area contributed by atoms with Crippen molar-refractivity contribution in [1.82, 2.24) is 0 Å². The summed E-state index contributed by atoms with van der Waals surface area (Å²) in [5.41, 5.74) is 5.55. The van der Waals surface area contributed by atoms with Crippen LogP contribution in [0.3, 0.4) is 0 Å². The van der Waals surface area contributed by atoms with Crippen molar-refractivity contribution in [3.05, 3.63) is 12.3 Å². The molecule has 2 unspecified atom stereocenters. The average Bonchev–Trinajstić information content (AvgIpc) is 1.98. The van der Waals surface area contributed by atoms with Crippen LogP contribution in [0, 0.1) is 11.8 Å². The number of aliphatic hydroxyl groups is 1. The van der Waals surface area contributed by atoms with Gasteiger partial charge in [0.1, 0.15) is 0 Å². The van der Waals surface area contributed by atoms with Gasteiger partial charge in [-0.25, -0.2) is 0 Å². The normalized spacial score (nSPS) is 15.9. The number of rotatable bonds is 5. The molecule has 0 rings (SSSR count). The van der Waals surface area contributed by atoms with Gasteiger partial charge in [-0.1, -0.05) is 26.8 Å². The Morgan fingerprint density at radius 1 is 1.64 bits per heavy atom. The molecular formula is C9H19NO. The molecule has 2 heteroatoms. The van der Waals surface area contributed by atoms with Crippen LogP contribution in [0.2, 0.25) is 0 Å². The van der Waals surface area contributed by atoms with Crippen LogP contribution in [0.25, 0.3) is 0 Å². The van der Waals surface area contributed by atoms with E-state index in [4.69, 9.17) is 10.8 Å². The maximum Gasteiger partial charge on any atom is 0.0882 e. The van der Waals surface area contributed by atoms with E-state index in [1.165, 1.54) is 0 Å². The Balaban J connectivity index is 3.91. The van der Waals surface area contributed by atoms with Crippen LogP contribution in [0.15, 0.2) is 12.3 Å². The van der Waals surface area contributed by atoms with Gasteiger partial charge in [-0.3, -0.25) is 0 Å². The third-order valence-electron chi connectivity index (χ3n) is 2.19. The Labute approximate surface area is 69.1 Å². The molecule has 0 saturated carbocycles. The quantitative estimate of drug-likeness (QED) is 0.600. The second kappa shape index (κ2) is 5.19. The summed E-state index contributed by atoms with van der Waals surface area (Å²) in [6, 6.07) is 0. The fourth-order valence-corrected chi connectivity index (χ4v) is 1.21. The summed E-state index contributed by atoms with van der Waals surface area (Å²) >= 11 is 0. The molecule has 2 atom stereocenters. The van der Waals surface area contributed by atoms with Gasteiger partial charge >= 0.3 is 0 Å². The monoisotopic (exact) mass is 157 g/mol. The smallest absolute Gasteiger partial charge is 0.0882 e. The Bertz CT molecular complexity index is 123. The molecule has 0 amide bonds. The molecule has 0 spiro atoms. The first-order chi connectivity index (χ1) is 5.13. The van der Waals surface area contributed by atoms with E-state index in [2.05, 4.69) is 13.5 Å². The van der Waals surface area contributed by atoms with Gasteiger partial charge < -0.3 is 10.8 Å². The summed E-state index contributed by atoms with van der Waals surface area (Å²) in [5.74, 6) is 0.784. The van der Waals surface area contributed by atoms with Crippen LogP contribution in [0.4, 0.5) is 0 Å². The second-order valence-corrected chi connectivity index (χ2v) is 3.06. The minimum absolute atomic E-state index is 0.139. The SMILES string of the molecule is C=C(O)C(C)C(CN)CCC. The van der Waals surface area contributed by atoms with E-state index >= 15 is 0 Å². The fourth-order valence-electron chi connectivity index (χ4n) is 1.21. The zero-order valence-corrected chi connectivity index (χ0v) is 7.51. The van der Waals surface area contributed by atoms with Gasteiger partial charge in [0.15, 0.2) is 0 Å². The highest BCUT2D eigenvalue weighted by molar-refractivity contribution is 4.89. The van der Waals surface area contributed by atoms with E-state index in [9.17, 15) is 0 Å². The minimum Gasteiger partial charge on any atom is -0.513 e. The molecule has 66 valence electrons. The topological polar surface area (TPSA) is 46.2 Å². The Kier molecular flexibility index (Phi) is 4.95. The summed E-state index contributed by atoms with van der Waals surface area (Å²) in [6.07, 6.45) is 2.18. The summed E-state index contributed by atoms with van der Waals surface area (Å²) in [4.78, 5) is 0. The number of hydrogen-bond donors (Lipinski definition) is 2. The molecule has 0 saturated heterocycles. The van der Waals surface area contributed by atoms with Gasteiger partial charge in [0, 0.05) is 5.92 Å². The zero-order chi connectivity index (χ0) is 8.85. The van der Waals surface area contributed by atoms with Crippen molar-refractivity contribution >= 4 is 0 Å². The maximum absolute atomic E-state index is 9.10. The van der Waals surface area contributed by atoms with E-state index in [1.54, 1.807) is 0 Å². The molecule has 0 heterocycles. The van der Waals surface area contributed by atoms with E-state index in [-0.39, 0.29) is 11.7 Å². The van der Waals surface area contributed by atoms with Crippen molar-refractivity contribution in [3.8, 4) is 0 Å². The minimum atomic E-state index is 0.139. The van der Waals surface area contributed by atoms with E-state index in [0.29, 0.717) is 12.5 Å². The fraction of sp³-hybridized carbons (Fsp3) is 0.778. The Morgan fingerprint density at radius 3 is 2.45 bits per heavy atom. The van der Waals surface area contributed by atoms with Crippen LogP contribution >= 0.6 is 0 Å². The van der Waals surface area contributed by atoms with Gasteiger partial charge in [0.05, 0.1) is 5.76 Å². The second-order valence-electron chi connectivity index (χ2n) is 3.06. The lowest BCUT2D eigenvalue weighted by molar-refractivity contribution is 0.270. The summed E-state index contributed by atoms with van der Waals surface area (Å²) in [6.45, 7) is 8.23. The molecule has 11 heavy (non-hydrogen) atoms. The van der Waals surface area contributed by atoms with Crippen LogP contribution in [-0.4, -0.2) is 11.7 Å². The van der Waals surface area contributed by atoms with Crippen molar-refractivity contribution in [2.75, 3.05) is 6.54 Å². The van der Waals surface area contributed by atoms with Gasteiger partial charge in [0.2, 0.25) is 0 Å². The predicted molar refractivity (Wildman–Crippen MR) is 48.4 cm³/mol. The predicted octanol–water partition coefficient (Wildman–Crippen LogP) is 2.07. The number of hydrogen-bond acceptors (Lipinski definition) is 2. The number of allylic oxidation sites excluding steroid dienone is 1. The summed E-state index contributed by atoms with van der Waals surface area (Å²) in [5, 5.41) is 9.10. The molecule has 0 bridgehead atoms. The lowest BCUT2D eigenvalue weighted by Gasteiger charge is -2.20. The van der Waals surface area contributed by atoms with Crippen LogP contribution in [0.5, 0.6) is 0 Å².